The molecule has 4 N–H and O–H groups in total. The van der Waals surface area contributed by atoms with Crippen LogP contribution in [0.25, 0.3) is 0 Å². The molecule has 2 amide bonds. The van der Waals surface area contributed by atoms with Gasteiger partial charge in [0, 0.05) is 74.2 Å². The van der Waals surface area contributed by atoms with E-state index in [2.05, 4.69) is 39.3 Å². The molecule has 0 bridgehead atoms. The molecule has 0 aromatic heterocycles. The number of likely N-dealkylation sites (N-methyl/N-ethyl adjacent to an activating group) is 1. The molecule has 2 fully saturated rings. The minimum atomic E-state index is -2.50. The van der Waals surface area contributed by atoms with Crippen molar-refractivity contribution in [1.82, 2.24) is 14.7 Å². The van der Waals surface area contributed by atoms with Crippen molar-refractivity contribution in [3.05, 3.63) is 47.5 Å². The van der Waals surface area contributed by atoms with Crippen molar-refractivity contribution in [3.8, 4) is 17.6 Å². The average Bonchev–Trinajstić information content (AvgIpc) is 3.37. The fourth-order valence-electron chi connectivity index (χ4n) is 6.27. The fraction of sp³-hybridized carbons (Fsp3) is 0.515. The number of nitrogens with zero attached hydrogens (tertiary/aromatic N) is 4. The summed E-state index contributed by atoms with van der Waals surface area (Å²) in [6.45, 7) is 5.41. The Balaban J connectivity index is 1.18. The predicted molar refractivity (Wildman–Crippen MR) is 172 cm³/mol. The Kier molecular flexibility index (Phi) is 10.6. The summed E-state index contributed by atoms with van der Waals surface area (Å²) in [6, 6.07) is 10.5. The third-order valence-corrected chi connectivity index (χ3v) is 8.85. The molecule has 45 heavy (non-hydrogen) atoms. The summed E-state index contributed by atoms with van der Waals surface area (Å²) < 4.78 is 32.7. The number of rotatable bonds is 10. The van der Waals surface area contributed by atoms with E-state index in [0.29, 0.717) is 30.0 Å². The number of likely N-dealkylation sites (tertiary alicyclic amines) is 1. The van der Waals surface area contributed by atoms with E-state index in [1.165, 1.54) is 7.11 Å². The highest BCUT2D eigenvalue weighted by atomic mass is 19.3. The molecule has 0 spiro atoms. The van der Waals surface area contributed by atoms with Crippen LogP contribution >= 0.6 is 0 Å². The number of benzene rings is 2. The third kappa shape index (κ3) is 8.15. The fourth-order valence-corrected chi connectivity index (χ4v) is 6.27. The van der Waals surface area contributed by atoms with Gasteiger partial charge in [0.15, 0.2) is 0 Å². The number of methoxy groups -OCH3 is 1. The number of carbonyl (C=O) groups is 2. The van der Waals surface area contributed by atoms with E-state index < -0.39 is 18.9 Å². The molecule has 242 valence electrons. The second-order valence-electron chi connectivity index (χ2n) is 11.9. The van der Waals surface area contributed by atoms with Crippen LogP contribution in [0.3, 0.4) is 0 Å². The number of primary amides is 1. The van der Waals surface area contributed by atoms with E-state index in [-0.39, 0.29) is 24.5 Å². The van der Waals surface area contributed by atoms with Gasteiger partial charge in [-0.05, 0) is 50.2 Å². The Morgan fingerprint density at radius 3 is 2.51 bits per heavy atom. The molecule has 12 heteroatoms. The number of fused-ring (bicyclic) bond motifs is 1. The second kappa shape index (κ2) is 14.8. The lowest BCUT2D eigenvalue weighted by Gasteiger charge is -2.36. The van der Waals surface area contributed by atoms with Gasteiger partial charge in [-0.15, -0.1) is 0 Å². The van der Waals surface area contributed by atoms with Crippen LogP contribution in [0.2, 0.25) is 0 Å². The van der Waals surface area contributed by atoms with Gasteiger partial charge in [0.1, 0.15) is 5.75 Å². The number of ether oxygens (including phenoxy) is 1. The lowest BCUT2D eigenvalue weighted by atomic mass is 10.0. The molecule has 1 unspecified atom stereocenters. The molecule has 2 aromatic rings. The first-order valence-corrected chi connectivity index (χ1v) is 15.5. The lowest BCUT2D eigenvalue weighted by Crippen LogP contribution is -2.51. The number of anilines is 3. The molecule has 3 heterocycles. The first-order valence-electron chi connectivity index (χ1n) is 15.5. The molecule has 3 aliphatic heterocycles. The van der Waals surface area contributed by atoms with Crippen LogP contribution in [0.15, 0.2) is 36.4 Å². The van der Waals surface area contributed by atoms with E-state index in [1.54, 1.807) is 23.1 Å². The molecule has 2 saturated heterocycles. The summed E-state index contributed by atoms with van der Waals surface area (Å²) in [6.07, 6.45) is -0.160. The normalized spacial score (nSPS) is 19.2. The minimum Gasteiger partial charge on any atom is -0.495 e. The highest BCUT2D eigenvalue weighted by Gasteiger charge is 2.32. The van der Waals surface area contributed by atoms with Gasteiger partial charge < -0.3 is 35.8 Å². The van der Waals surface area contributed by atoms with E-state index in [1.807, 2.05) is 23.1 Å². The second-order valence-corrected chi connectivity index (χ2v) is 11.9. The smallest absolute Gasteiger partial charge is 0.255 e. The molecule has 5 rings (SSSR count). The summed E-state index contributed by atoms with van der Waals surface area (Å²) >= 11 is 0. The van der Waals surface area contributed by atoms with Crippen molar-refractivity contribution in [2.24, 2.45) is 5.73 Å². The summed E-state index contributed by atoms with van der Waals surface area (Å²) in [7, 11) is 3.58. The highest BCUT2D eigenvalue weighted by molar-refractivity contribution is 5.94. The molecule has 0 saturated carbocycles. The van der Waals surface area contributed by atoms with Crippen LogP contribution in [-0.2, 0) is 11.2 Å². The van der Waals surface area contributed by atoms with Crippen molar-refractivity contribution >= 4 is 28.9 Å². The number of carbonyl (C=O) groups excluding carboxylic acids is 2. The Labute approximate surface area is 263 Å². The maximum Gasteiger partial charge on any atom is 0.255 e. The Morgan fingerprint density at radius 2 is 1.82 bits per heavy atom. The van der Waals surface area contributed by atoms with E-state index >= 15 is 0 Å². The van der Waals surface area contributed by atoms with Crippen molar-refractivity contribution in [3.63, 3.8) is 0 Å². The van der Waals surface area contributed by atoms with Gasteiger partial charge in [0.2, 0.25) is 11.8 Å². The van der Waals surface area contributed by atoms with Gasteiger partial charge in [0.05, 0.1) is 38.5 Å². The van der Waals surface area contributed by atoms with E-state index in [9.17, 15) is 18.4 Å². The number of piperazine rings is 1. The van der Waals surface area contributed by atoms with Crippen molar-refractivity contribution in [1.29, 1.82) is 0 Å². The molecule has 3 aliphatic rings. The van der Waals surface area contributed by atoms with Crippen molar-refractivity contribution in [2.75, 3.05) is 88.6 Å². The molecule has 0 radical (unpaired) electrons. The van der Waals surface area contributed by atoms with Crippen LogP contribution in [0, 0.1) is 11.8 Å². The molecule has 0 aliphatic carbocycles. The zero-order valence-electron chi connectivity index (χ0n) is 26.0. The van der Waals surface area contributed by atoms with Crippen LogP contribution in [0.5, 0.6) is 5.75 Å². The van der Waals surface area contributed by atoms with Crippen LogP contribution in [-0.4, -0.2) is 118 Å². The number of nitrogens with one attached hydrogen (secondary N) is 2. The molecule has 10 nitrogen and oxygen atoms in total. The number of alkyl halides is 2. The van der Waals surface area contributed by atoms with Crippen LogP contribution in [0.4, 0.5) is 25.8 Å². The van der Waals surface area contributed by atoms with Gasteiger partial charge in [0.25, 0.3) is 6.43 Å². The summed E-state index contributed by atoms with van der Waals surface area (Å²) in [5.74, 6) is 6.41. The van der Waals surface area contributed by atoms with Gasteiger partial charge >= 0.3 is 0 Å². The molecule has 2 aromatic carbocycles. The zero-order valence-corrected chi connectivity index (χ0v) is 26.0. The topological polar surface area (TPSA) is 106 Å². The largest absolute Gasteiger partial charge is 0.495 e. The van der Waals surface area contributed by atoms with Gasteiger partial charge in [-0.3, -0.25) is 14.5 Å². The minimum absolute atomic E-state index is 0.206. The molecule has 1 atom stereocenters. The van der Waals surface area contributed by atoms with Crippen molar-refractivity contribution in [2.45, 2.75) is 37.8 Å². The lowest BCUT2D eigenvalue weighted by molar-refractivity contribution is -0.134. The van der Waals surface area contributed by atoms with Gasteiger partial charge in [-0.2, -0.15) is 0 Å². The number of hydrogen-bond donors (Lipinski definition) is 3. The Hall–Kier alpha value is -4.08. The Morgan fingerprint density at radius 1 is 1.07 bits per heavy atom. The average molecular weight is 624 g/mol. The van der Waals surface area contributed by atoms with Gasteiger partial charge in [-0.1, -0.05) is 17.9 Å². The number of hydrogen-bond acceptors (Lipinski definition) is 8. The maximum absolute atomic E-state index is 13.7. The van der Waals surface area contributed by atoms with E-state index in [4.69, 9.17) is 10.5 Å². The van der Waals surface area contributed by atoms with E-state index in [0.717, 1.165) is 69.0 Å². The number of halogens is 2. The zero-order chi connectivity index (χ0) is 31.9. The Bertz CT molecular complexity index is 1410. The monoisotopic (exact) mass is 623 g/mol. The van der Waals surface area contributed by atoms with Gasteiger partial charge in [-0.25, -0.2) is 8.78 Å². The SMILES string of the molecule is COc1cc(C(N)=O)ccc1NCC#CC1Cc2c(NC3CCN(CC(=O)N4CCN(C)CC4)CC3)cccc2N1CC(F)F. The summed E-state index contributed by atoms with van der Waals surface area (Å²) in [5, 5.41) is 6.86. The van der Waals surface area contributed by atoms with Crippen molar-refractivity contribution < 1.29 is 23.1 Å². The quantitative estimate of drug-likeness (QED) is 0.347. The van der Waals surface area contributed by atoms with Crippen LogP contribution in [0.1, 0.15) is 28.8 Å². The molecular formula is C33H43F2N7O3. The summed E-state index contributed by atoms with van der Waals surface area (Å²) in [4.78, 5) is 32.4. The summed E-state index contributed by atoms with van der Waals surface area (Å²) in [5.41, 5.74) is 9.09. The first-order chi connectivity index (χ1) is 21.7. The first kappa shape index (κ1) is 32.3. The number of piperidine rings is 1. The third-order valence-electron chi connectivity index (χ3n) is 8.85. The predicted octanol–water partition coefficient (Wildman–Crippen LogP) is 2.56. The maximum atomic E-state index is 13.7. The number of amides is 2. The van der Waals surface area contributed by atoms with Crippen LogP contribution < -0.4 is 26.0 Å². The standard InChI is InChI=1S/C33H43F2N7O3/c1-39-15-17-41(18-16-39)32(43)22-40-13-10-24(11-14-40)38-27-6-3-7-29-26(27)20-25(42(29)21-31(34)35)5-4-12-37-28-9-8-23(33(36)44)19-30(28)45-2/h3,6-9,19,24-25,31,37-38H,10-18,20-22H2,1-2H3,(H2,36,44). The highest BCUT2D eigenvalue weighted by Crippen LogP contribution is 2.38. The number of nitrogens with two attached hydrogens (primary N) is 1. The molecular weight excluding hydrogens is 580 g/mol.